The SMILES string of the molecule is CC.CC1CCc2ccccc2[C@@H]1Oc1ccc(C#N)cc1.CCCCC(C)CC. The first kappa shape index (κ1) is 25.8. The van der Waals surface area contributed by atoms with Gasteiger partial charge in [0.05, 0.1) is 11.6 Å². The molecule has 2 aromatic carbocycles. The molecule has 1 aliphatic rings. The van der Waals surface area contributed by atoms with Crippen molar-refractivity contribution in [2.75, 3.05) is 0 Å². The Morgan fingerprint density at radius 3 is 2.33 bits per heavy atom. The average molecular weight is 408 g/mol. The number of hydrogen-bond donors (Lipinski definition) is 0. The van der Waals surface area contributed by atoms with E-state index in [1.807, 2.05) is 26.0 Å². The van der Waals surface area contributed by atoms with E-state index in [-0.39, 0.29) is 6.10 Å². The van der Waals surface area contributed by atoms with Crippen LogP contribution in [0.25, 0.3) is 0 Å². The molecule has 0 N–H and O–H groups in total. The Morgan fingerprint density at radius 1 is 1.07 bits per heavy atom. The maximum absolute atomic E-state index is 8.83. The molecule has 1 aliphatic carbocycles. The fraction of sp³-hybridized carbons (Fsp3) is 0.536. The van der Waals surface area contributed by atoms with Crippen LogP contribution in [0.2, 0.25) is 0 Å². The minimum atomic E-state index is 0.105. The minimum Gasteiger partial charge on any atom is -0.485 e. The van der Waals surface area contributed by atoms with Gasteiger partial charge in [0, 0.05) is 0 Å². The van der Waals surface area contributed by atoms with Crippen LogP contribution in [-0.2, 0) is 6.42 Å². The van der Waals surface area contributed by atoms with Gasteiger partial charge in [0.1, 0.15) is 11.9 Å². The molecule has 164 valence electrons. The third-order valence-corrected chi connectivity index (χ3v) is 5.74. The molecular formula is C28H41NO. The van der Waals surface area contributed by atoms with Gasteiger partial charge < -0.3 is 4.74 Å². The van der Waals surface area contributed by atoms with Gasteiger partial charge in [-0.05, 0) is 60.1 Å². The van der Waals surface area contributed by atoms with E-state index >= 15 is 0 Å². The van der Waals surface area contributed by atoms with Gasteiger partial charge in [-0.2, -0.15) is 5.26 Å². The fourth-order valence-corrected chi connectivity index (χ4v) is 3.57. The molecule has 2 nitrogen and oxygen atoms in total. The molecule has 0 aliphatic heterocycles. The first-order valence-electron chi connectivity index (χ1n) is 11.8. The first-order valence-corrected chi connectivity index (χ1v) is 11.8. The third-order valence-electron chi connectivity index (χ3n) is 5.74. The van der Waals surface area contributed by atoms with Gasteiger partial charge in [-0.25, -0.2) is 0 Å². The Hall–Kier alpha value is -2.27. The van der Waals surface area contributed by atoms with E-state index in [1.165, 1.54) is 36.8 Å². The monoisotopic (exact) mass is 407 g/mol. The minimum absolute atomic E-state index is 0.105. The van der Waals surface area contributed by atoms with Gasteiger partial charge in [0.2, 0.25) is 0 Å². The molecule has 0 heterocycles. The topological polar surface area (TPSA) is 33.0 Å². The summed E-state index contributed by atoms with van der Waals surface area (Å²) < 4.78 is 6.18. The van der Waals surface area contributed by atoms with Gasteiger partial charge in [0.25, 0.3) is 0 Å². The van der Waals surface area contributed by atoms with Crippen molar-refractivity contribution in [1.82, 2.24) is 0 Å². The largest absolute Gasteiger partial charge is 0.485 e. The zero-order valence-electron chi connectivity index (χ0n) is 19.9. The maximum atomic E-state index is 8.83. The van der Waals surface area contributed by atoms with Crippen molar-refractivity contribution in [1.29, 1.82) is 5.26 Å². The molecule has 30 heavy (non-hydrogen) atoms. The quantitative estimate of drug-likeness (QED) is 0.481. The summed E-state index contributed by atoms with van der Waals surface area (Å²) in [7, 11) is 0. The Balaban J connectivity index is 0.000000383. The zero-order valence-corrected chi connectivity index (χ0v) is 19.9. The van der Waals surface area contributed by atoms with Crippen LogP contribution >= 0.6 is 0 Å². The van der Waals surface area contributed by atoms with E-state index in [2.05, 4.69) is 58.0 Å². The molecule has 0 fully saturated rings. The van der Waals surface area contributed by atoms with Crippen molar-refractivity contribution < 1.29 is 4.74 Å². The lowest BCUT2D eigenvalue weighted by Crippen LogP contribution is -2.23. The van der Waals surface area contributed by atoms with Crippen LogP contribution in [0.5, 0.6) is 5.75 Å². The molecule has 0 aromatic heterocycles. The number of benzene rings is 2. The fourth-order valence-electron chi connectivity index (χ4n) is 3.57. The number of aryl methyl sites for hydroxylation is 1. The Labute approximate surface area is 185 Å². The highest BCUT2D eigenvalue weighted by Gasteiger charge is 2.27. The first-order chi connectivity index (χ1) is 14.6. The summed E-state index contributed by atoms with van der Waals surface area (Å²) in [6.07, 6.45) is 7.92. The number of nitriles is 1. The van der Waals surface area contributed by atoms with Gasteiger partial charge >= 0.3 is 0 Å². The highest BCUT2D eigenvalue weighted by atomic mass is 16.5. The maximum Gasteiger partial charge on any atom is 0.127 e. The summed E-state index contributed by atoms with van der Waals surface area (Å²) in [6, 6.07) is 18.0. The van der Waals surface area contributed by atoms with Crippen molar-refractivity contribution in [3.8, 4) is 11.8 Å². The molecule has 0 bridgehead atoms. The number of unbranched alkanes of at least 4 members (excludes halogenated alkanes) is 1. The summed E-state index contributed by atoms with van der Waals surface area (Å²) >= 11 is 0. The smallest absolute Gasteiger partial charge is 0.127 e. The normalized spacial score (nSPS) is 17.8. The predicted octanol–water partition coefficient (Wildman–Crippen LogP) is 8.51. The predicted molar refractivity (Wildman–Crippen MR) is 129 cm³/mol. The summed E-state index contributed by atoms with van der Waals surface area (Å²) in [4.78, 5) is 0. The van der Waals surface area contributed by atoms with Crippen LogP contribution in [0, 0.1) is 23.2 Å². The molecule has 0 saturated carbocycles. The lowest BCUT2D eigenvalue weighted by atomic mass is 9.82. The lowest BCUT2D eigenvalue weighted by Gasteiger charge is -2.31. The van der Waals surface area contributed by atoms with E-state index in [4.69, 9.17) is 10.00 Å². The average Bonchev–Trinajstić information content (AvgIpc) is 2.81. The zero-order chi connectivity index (χ0) is 22.4. The standard InChI is InChI=1S/C18H17NO.C8H18.C2H6/c1-13-6-9-15-4-2-3-5-17(15)18(13)20-16-10-7-14(12-19)8-11-16;1-4-6-7-8(3)5-2;1-2/h2-5,7-8,10-11,13,18H,6,9H2,1H3;8H,4-7H2,1-3H3;1-2H3/t13?,18-;;/m1../s1. The molecule has 3 rings (SSSR count). The van der Waals surface area contributed by atoms with Crippen LogP contribution in [0.3, 0.4) is 0 Å². The molecule has 2 aromatic rings. The van der Waals surface area contributed by atoms with Crippen LogP contribution in [0.15, 0.2) is 48.5 Å². The second-order valence-corrected chi connectivity index (χ2v) is 8.05. The lowest BCUT2D eigenvalue weighted by molar-refractivity contribution is 0.129. The van der Waals surface area contributed by atoms with Gasteiger partial charge in [-0.3, -0.25) is 0 Å². The number of nitrogens with zero attached hydrogens (tertiary/aromatic N) is 1. The molecule has 2 heteroatoms. The molecule has 2 unspecified atom stereocenters. The van der Waals surface area contributed by atoms with Gasteiger partial charge in [-0.1, -0.05) is 91.5 Å². The number of hydrogen-bond acceptors (Lipinski definition) is 2. The van der Waals surface area contributed by atoms with Crippen molar-refractivity contribution >= 4 is 0 Å². The molecule has 0 saturated heterocycles. The molecule has 3 atom stereocenters. The van der Waals surface area contributed by atoms with Crippen molar-refractivity contribution in [2.24, 2.45) is 11.8 Å². The van der Waals surface area contributed by atoms with E-state index in [0.29, 0.717) is 11.5 Å². The Morgan fingerprint density at radius 2 is 1.73 bits per heavy atom. The van der Waals surface area contributed by atoms with Crippen LogP contribution in [-0.4, -0.2) is 0 Å². The molecule has 0 amide bonds. The molecule has 0 radical (unpaired) electrons. The highest BCUT2D eigenvalue weighted by Crippen LogP contribution is 2.37. The van der Waals surface area contributed by atoms with Crippen molar-refractivity contribution in [3.63, 3.8) is 0 Å². The Kier molecular flexibility index (Phi) is 12.6. The van der Waals surface area contributed by atoms with Crippen LogP contribution in [0.4, 0.5) is 0 Å². The summed E-state index contributed by atoms with van der Waals surface area (Å²) in [5.41, 5.74) is 3.36. The molecular weight excluding hydrogens is 366 g/mol. The van der Waals surface area contributed by atoms with Crippen molar-refractivity contribution in [3.05, 3.63) is 65.2 Å². The molecule has 0 spiro atoms. The van der Waals surface area contributed by atoms with E-state index in [1.54, 1.807) is 12.1 Å². The van der Waals surface area contributed by atoms with Crippen LogP contribution < -0.4 is 4.74 Å². The summed E-state index contributed by atoms with van der Waals surface area (Å²) in [6.45, 7) is 13.1. The van der Waals surface area contributed by atoms with Gasteiger partial charge in [-0.15, -0.1) is 0 Å². The second-order valence-electron chi connectivity index (χ2n) is 8.05. The van der Waals surface area contributed by atoms with Gasteiger partial charge in [0.15, 0.2) is 0 Å². The van der Waals surface area contributed by atoms with E-state index < -0.39 is 0 Å². The Bertz CT molecular complexity index is 744. The summed E-state index contributed by atoms with van der Waals surface area (Å²) in [5.74, 6) is 2.29. The second kappa shape index (κ2) is 14.7. The third kappa shape index (κ3) is 8.23. The van der Waals surface area contributed by atoms with Crippen molar-refractivity contribution in [2.45, 2.75) is 86.2 Å². The number of fused-ring (bicyclic) bond motifs is 1. The number of rotatable bonds is 6. The van der Waals surface area contributed by atoms with Crippen LogP contribution in [0.1, 0.15) is 96.4 Å². The summed E-state index contributed by atoms with van der Waals surface area (Å²) in [5, 5.41) is 8.83. The van der Waals surface area contributed by atoms with E-state index in [9.17, 15) is 0 Å². The number of ether oxygens (including phenoxy) is 1. The van der Waals surface area contributed by atoms with E-state index in [0.717, 1.165) is 24.5 Å². The highest BCUT2D eigenvalue weighted by molar-refractivity contribution is 5.36.